The van der Waals surface area contributed by atoms with Gasteiger partial charge in [0.25, 0.3) is 0 Å². The maximum Gasteiger partial charge on any atom is 0.416 e. The fourth-order valence-electron chi connectivity index (χ4n) is 2.61. The lowest BCUT2D eigenvalue weighted by atomic mass is 9.98. The van der Waals surface area contributed by atoms with Gasteiger partial charge in [-0.05, 0) is 43.9 Å². The van der Waals surface area contributed by atoms with Gasteiger partial charge in [0.2, 0.25) is 0 Å². The highest BCUT2D eigenvalue weighted by Gasteiger charge is 2.32. The van der Waals surface area contributed by atoms with Crippen molar-refractivity contribution in [3.05, 3.63) is 23.8 Å². The zero-order valence-corrected chi connectivity index (χ0v) is 13.2. The molecule has 4 nitrogen and oxygen atoms in total. The van der Waals surface area contributed by atoms with Crippen molar-refractivity contribution in [1.29, 1.82) is 0 Å². The van der Waals surface area contributed by atoms with E-state index < -0.39 is 17.8 Å². The number of halogens is 3. The first-order valence-corrected chi connectivity index (χ1v) is 7.71. The topological polar surface area (TPSA) is 41.6 Å². The normalized spacial score (nSPS) is 16.3. The molecule has 0 aliphatic carbocycles. The predicted molar refractivity (Wildman–Crippen MR) is 82.7 cm³/mol. The Morgan fingerprint density at radius 3 is 2.57 bits per heavy atom. The Balaban J connectivity index is 2.30. The first-order valence-electron chi connectivity index (χ1n) is 7.71. The van der Waals surface area contributed by atoms with E-state index in [9.17, 15) is 18.0 Å². The SMILES string of the molecule is CCOC(=O)Nc1cc(C(F)(F)F)ccc1N1CCC(C)CC1. The van der Waals surface area contributed by atoms with E-state index in [1.54, 1.807) is 6.92 Å². The monoisotopic (exact) mass is 330 g/mol. The van der Waals surface area contributed by atoms with Crippen LogP contribution in [0.5, 0.6) is 0 Å². The molecule has 1 amide bonds. The number of benzene rings is 1. The maximum absolute atomic E-state index is 12.9. The van der Waals surface area contributed by atoms with Crippen molar-refractivity contribution in [1.82, 2.24) is 0 Å². The number of carbonyl (C=O) groups is 1. The third-order valence-corrected chi connectivity index (χ3v) is 3.96. The maximum atomic E-state index is 12.9. The van der Waals surface area contributed by atoms with Crippen LogP contribution < -0.4 is 10.2 Å². The number of nitrogens with zero attached hydrogens (tertiary/aromatic N) is 1. The second kappa shape index (κ2) is 7.10. The number of piperidine rings is 1. The second-order valence-corrected chi connectivity index (χ2v) is 5.74. The lowest BCUT2D eigenvalue weighted by Crippen LogP contribution is -2.33. The van der Waals surface area contributed by atoms with Crippen LogP contribution in [-0.4, -0.2) is 25.8 Å². The van der Waals surface area contributed by atoms with E-state index in [4.69, 9.17) is 4.74 Å². The Hall–Kier alpha value is -1.92. The predicted octanol–water partition coefficient (Wildman–Crippen LogP) is 4.51. The molecule has 1 aliphatic heterocycles. The Kier molecular flexibility index (Phi) is 5.38. The molecule has 0 spiro atoms. The molecule has 1 saturated heterocycles. The van der Waals surface area contributed by atoms with Gasteiger partial charge in [-0.2, -0.15) is 13.2 Å². The Labute approximate surface area is 133 Å². The Bertz CT molecular complexity index is 553. The summed E-state index contributed by atoms with van der Waals surface area (Å²) in [7, 11) is 0. The average Bonchev–Trinajstić information content (AvgIpc) is 2.47. The summed E-state index contributed by atoms with van der Waals surface area (Å²) >= 11 is 0. The van der Waals surface area contributed by atoms with Crippen molar-refractivity contribution in [2.75, 3.05) is 29.9 Å². The summed E-state index contributed by atoms with van der Waals surface area (Å²) in [6, 6.07) is 3.42. The lowest BCUT2D eigenvalue weighted by molar-refractivity contribution is -0.137. The number of hydrogen-bond donors (Lipinski definition) is 1. The van der Waals surface area contributed by atoms with Gasteiger partial charge in [0.15, 0.2) is 0 Å². The van der Waals surface area contributed by atoms with Gasteiger partial charge >= 0.3 is 12.3 Å². The van der Waals surface area contributed by atoms with Crippen LogP contribution in [-0.2, 0) is 10.9 Å². The molecule has 1 N–H and O–H groups in total. The van der Waals surface area contributed by atoms with E-state index >= 15 is 0 Å². The zero-order valence-electron chi connectivity index (χ0n) is 13.2. The zero-order chi connectivity index (χ0) is 17.0. The highest BCUT2D eigenvalue weighted by molar-refractivity contribution is 5.90. The highest BCUT2D eigenvalue weighted by Crippen LogP contribution is 2.36. The highest BCUT2D eigenvalue weighted by atomic mass is 19.4. The summed E-state index contributed by atoms with van der Waals surface area (Å²) in [6.45, 7) is 5.45. The van der Waals surface area contributed by atoms with E-state index in [0.29, 0.717) is 11.6 Å². The molecule has 0 aromatic heterocycles. The van der Waals surface area contributed by atoms with Gasteiger partial charge in [-0.1, -0.05) is 6.92 Å². The molecule has 1 fully saturated rings. The van der Waals surface area contributed by atoms with Crippen LogP contribution >= 0.6 is 0 Å². The van der Waals surface area contributed by atoms with Gasteiger partial charge < -0.3 is 9.64 Å². The molecule has 1 aliphatic rings. The molecule has 128 valence electrons. The molecule has 23 heavy (non-hydrogen) atoms. The largest absolute Gasteiger partial charge is 0.450 e. The standard InChI is InChI=1S/C16H21F3N2O2/c1-3-23-15(22)20-13-10-12(16(17,18)19)4-5-14(13)21-8-6-11(2)7-9-21/h4-5,10-11H,3,6-9H2,1-2H3,(H,20,22). The molecule has 7 heteroatoms. The van der Waals surface area contributed by atoms with Crippen LogP contribution in [0.1, 0.15) is 32.3 Å². The molecular weight excluding hydrogens is 309 g/mol. The molecule has 1 aromatic carbocycles. The summed E-state index contributed by atoms with van der Waals surface area (Å²) in [5, 5.41) is 2.43. The van der Waals surface area contributed by atoms with E-state index in [1.807, 2.05) is 4.90 Å². The van der Waals surface area contributed by atoms with Crippen LogP contribution in [0.25, 0.3) is 0 Å². The number of carbonyl (C=O) groups excluding carboxylic acids is 1. The molecule has 2 rings (SSSR count). The van der Waals surface area contributed by atoms with Crippen molar-refractivity contribution < 1.29 is 22.7 Å². The molecular formula is C16H21F3N2O2. The smallest absolute Gasteiger partial charge is 0.416 e. The molecule has 0 radical (unpaired) electrons. The summed E-state index contributed by atoms with van der Waals surface area (Å²) in [5.74, 6) is 0.599. The third-order valence-electron chi connectivity index (χ3n) is 3.96. The van der Waals surface area contributed by atoms with Crippen LogP contribution in [0.3, 0.4) is 0 Å². The van der Waals surface area contributed by atoms with E-state index in [1.165, 1.54) is 6.07 Å². The fourth-order valence-corrected chi connectivity index (χ4v) is 2.61. The number of hydrogen-bond acceptors (Lipinski definition) is 3. The number of alkyl halides is 3. The van der Waals surface area contributed by atoms with Gasteiger partial charge in [-0.3, -0.25) is 5.32 Å². The molecule has 1 aromatic rings. The number of anilines is 2. The number of rotatable bonds is 3. The van der Waals surface area contributed by atoms with Gasteiger partial charge in [0, 0.05) is 13.1 Å². The van der Waals surface area contributed by atoms with Crippen LogP contribution in [0.4, 0.5) is 29.3 Å². The molecule has 0 atom stereocenters. The fraction of sp³-hybridized carbons (Fsp3) is 0.562. The lowest BCUT2D eigenvalue weighted by Gasteiger charge is -2.33. The van der Waals surface area contributed by atoms with Crippen molar-refractivity contribution in [3.63, 3.8) is 0 Å². The first-order chi connectivity index (χ1) is 10.8. The van der Waals surface area contributed by atoms with Crippen LogP contribution in [0.2, 0.25) is 0 Å². The number of ether oxygens (including phenoxy) is 1. The van der Waals surface area contributed by atoms with Crippen LogP contribution in [0, 0.1) is 5.92 Å². The van der Waals surface area contributed by atoms with Gasteiger partial charge in [0.05, 0.1) is 23.5 Å². The summed E-state index contributed by atoms with van der Waals surface area (Å²) in [6.07, 6.45) is -3.27. The van der Waals surface area contributed by atoms with Crippen molar-refractivity contribution in [2.24, 2.45) is 5.92 Å². The minimum Gasteiger partial charge on any atom is -0.450 e. The Morgan fingerprint density at radius 2 is 2.00 bits per heavy atom. The minimum atomic E-state index is -4.46. The van der Waals surface area contributed by atoms with Crippen molar-refractivity contribution in [2.45, 2.75) is 32.9 Å². The average molecular weight is 330 g/mol. The van der Waals surface area contributed by atoms with Gasteiger partial charge in [-0.15, -0.1) is 0 Å². The van der Waals surface area contributed by atoms with E-state index in [2.05, 4.69) is 12.2 Å². The molecule has 0 saturated carbocycles. The summed E-state index contributed by atoms with van der Waals surface area (Å²) < 4.78 is 43.5. The third kappa shape index (κ3) is 4.53. The summed E-state index contributed by atoms with van der Waals surface area (Å²) in [4.78, 5) is 13.6. The van der Waals surface area contributed by atoms with Crippen LogP contribution in [0.15, 0.2) is 18.2 Å². The van der Waals surface area contributed by atoms with Crippen molar-refractivity contribution >= 4 is 17.5 Å². The molecule has 0 unspecified atom stereocenters. The first kappa shape index (κ1) is 17.4. The number of amides is 1. The van der Waals surface area contributed by atoms with E-state index in [-0.39, 0.29) is 12.3 Å². The van der Waals surface area contributed by atoms with Gasteiger partial charge in [0.1, 0.15) is 0 Å². The van der Waals surface area contributed by atoms with Gasteiger partial charge in [-0.25, -0.2) is 4.79 Å². The molecule has 0 bridgehead atoms. The Morgan fingerprint density at radius 1 is 1.35 bits per heavy atom. The second-order valence-electron chi connectivity index (χ2n) is 5.74. The van der Waals surface area contributed by atoms with Crippen molar-refractivity contribution in [3.8, 4) is 0 Å². The molecule has 1 heterocycles. The van der Waals surface area contributed by atoms with E-state index in [0.717, 1.165) is 38.1 Å². The number of nitrogens with one attached hydrogen (secondary N) is 1. The minimum absolute atomic E-state index is 0.132. The summed E-state index contributed by atoms with van der Waals surface area (Å²) in [5.41, 5.74) is -0.0655. The quantitative estimate of drug-likeness (QED) is 0.886.